The summed E-state index contributed by atoms with van der Waals surface area (Å²) in [5.41, 5.74) is 0.823. The first-order valence-corrected chi connectivity index (χ1v) is 8.12. The van der Waals surface area contributed by atoms with Crippen molar-refractivity contribution in [3.8, 4) is 0 Å². The van der Waals surface area contributed by atoms with Gasteiger partial charge in [0.25, 0.3) is 0 Å². The van der Waals surface area contributed by atoms with E-state index in [4.69, 9.17) is 0 Å². The molecule has 1 aliphatic rings. The lowest BCUT2D eigenvalue weighted by Crippen LogP contribution is -2.34. The molecule has 1 saturated heterocycles. The summed E-state index contributed by atoms with van der Waals surface area (Å²) in [7, 11) is 0. The molecule has 1 aromatic carbocycles. The average molecular weight is 318 g/mol. The maximum Gasteiger partial charge on any atom is 0.337 e. The molecule has 0 radical (unpaired) electrons. The van der Waals surface area contributed by atoms with Crippen molar-refractivity contribution < 1.29 is 14.7 Å². The molecule has 2 N–H and O–H groups in total. The van der Waals surface area contributed by atoms with Crippen molar-refractivity contribution in [1.29, 1.82) is 0 Å². The van der Waals surface area contributed by atoms with E-state index in [1.54, 1.807) is 32.9 Å². The summed E-state index contributed by atoms with van der Waals surface area (Å²) in [6.07, 6.45) is 2.33. The van der Waals surface area contributed by atoms with Gasteiger partial charge in [0.1, 0.15) is 0 Å². The number of rotatable bonds is 3. The van der Waals surface area contributed by atoms with Crippen molar-refractivity contribution in [2.24, 2.45) is 11.3 Å². The number of nitrogens with zero attached hydrogens (tertiary/aromatic N) is 1. The molecule has 1 aromatic rings. The molecule has 1 unspecified atom stereocenters. The Bertz CT molecular complexity index is 605. The number of carbonyl (C=O) groups is 2. The van der Waals surface area contributed by atoms with E-state index >= 15 is 0 Å². The van der Waals surface area contributed by atoms with E-state index in [0.29, 0.717) is 11.6 Å². The summed E-state index contributed by atoms with van der Waals surface area (Å²) in [5.74, 6) is -0.613. The zero-order valence-electron chi connectivity index (χ0n) is 14.3. The molecule has 23 heavy (non-hydrogen) atoms. The van der Waals surface area contributed by atoms with Crippen molar-refractivity contribution >= 4 is 23.3 Å². The van der Waals surface area contributed by atoms with E-state index < -0.39 is 11.4 Å². The van der Waals surface area contributed by atoms with Crippen LogP contribution in [0.1, 0.15) is 50.9 Å². The number of piperidine rings is 1. The van der Waals surface area contributed by atoms with Gasteiger partial charge in [0, 0.05) is 24.2 Å². The van der Waals surface area contributed by atoms with Gasteiger partial charge in [-0.1, -0.05) is 27.7 Å². The van der Waals surface area contributed by atoms with E-state index in [1.807, 2.05) is 6.07 Å². The van der Waals surface area contributed by atoms with Crippen molar-refractivity contribution in [1.82, 2.24) is 0 Å². The molecule has 0 aromatic heterocycles. The van der Waals surface area contributed by atoms with Crippen LogP contribution >= 0.6 is 0 Å². The summed E-state index contributed by atoms with van der Waals surface area (Å²) >= 11 is 0. The van der Waals surface area contributed by atoms with E-state index in [0.717, 1.165) is 25.2 Å². The molecule has 1 atom stereocenters. The summed E-state index contributed by atoms with van der Waals surface area (Å²) in [6.45, 7) is 9.48. The molecule has 1 heterocycles. The number of anilines is 2. The molecular weight excluding hydrogens is 292 g/mol. The van der Waals surface area contributed by atoms with Crippen LogP contribution in [0.25, 0.3) is 0 Å². The van der Waals surface area contributed by atoms with Gasteiger partial charge in [0.2, 0.25) is 5.91 Å². The summed E-state index contributed by atoms with van der Waals surface area (Å²) in [4.78, 5) is 25.9. The number of aromatic carboxylic acids is 1. The number of carbonyl (C=O) groups excluding carboxylic acids is 1. The molecule has 0 saturated carbocycles. The van der Waals surface area contributed by atoms with Gasteiger partial charge in [0.15, 0.2) is 0 Å². The molecule has 0 aliphatic carbocycles. The molecule has 126 valence electrons. The first-order chi connectivity index (χ1) is 10.7. The zero-order chi connectivity index (χ0) is 17.2. The predicted octanol–water partition coefficient (Wildman–Crippen LogP) is 3.61. The quantitative estimate of drug-likeness (QED) is 0.893. The Labute approximate surface area is 137 Å². The van der Waals surface area contributed by atoms with Crippen LogP contribution in [0.5, 0.6) is 0 Å². The third-order valence-electron chi connectivity index (χ3n) is 4.19. The molecular formula is C18H26N2O3. The fourth-order valence-corrected chi connectivity index (χ4v) is 2.75. The lowest BCUT2D eigenvalue weighted by Gasteiger charge is -2.33. The standard InChI is InChI=1S/C18H26N2O3/c1-12-6-5-9-20(11-12)13-7-8-15(14(10-13)16(21)22)19-17(23)18(2,3)4/h7-8,10,12H,5-6,9,11H2,1-4H3,(H,19,23)(H,21,22). The van der Waals surface area contributed by atoms with Crippen molar-refractivity contribution in [2.45, 2.75) is 40.5 Å². The number of hydrogen-bond donors (Lipinski definition) is 2. The Hall–Kier alpha value is -2.04. The summed E-state index contributed by atoms with van der Waals surface area (Å²) in [6, 6.07) is 5.25. The Morgan fingerprint density at radius 2 is 2.00 bits per heavy atom. The second-order valence-corrected chi connectivity index (χ2v) is 7.43. The predicted molar refractivity (Wildman–Crippen MR) is 92.1 cm³/mol. The first kappa shape index (κ1) is 17.3. The number of benzene rings is 1. The van der Waals surface area contributed by atoms with Crippen molar-refractivity contribution in [2.75, 3.05) is 23.3 Å². The minimum Gasteiger partial charge on any atom is -0.478 e. The van der Waals surface area contributed by atoms with E-state index in [-0.39, 0.29) is 11.5 Å². The van der Waals surface area contributed by atoms with Crippen LogP contribution in [0.4, 0.5) is 11.4 Å². The highest BCUT2D eigenvalue weighted by Crippen LogP contribution is 2.28. The Morgan fingerprint density at radius 3 is 2.57 bits per heavy atom. The largest absolute Gasteiger partial charge is 0.478 e. The maximum atomic E-state index is 12.1. The fraction of sp³-hybridized carbons (Fsp3) is 0.556. The second kappa shape index (κ2) is 6.60. The normalized spacial score (nSPS) is 18.6. The topological polar surface area (TPSA) is 69.6 Å². The lowest BCUT2D eigenvalue weighted by molar-refractivity contribution is -0.123. The van der Waals surface area contributed by atoms with E-state index in [1.165, 1.54) is 6.42 Å². The molecule has 1 aliphatic heterocycles. The number of carboxylic acid groups (broad SMARTS) is 1. The van der Waals surface area contributed by atoms with E-state index in [2.05, 4.69) is 17.1 Å². The van der Waals surface area contributed by atoms with Gasteiger partial charge >= 0.3 is 5.97 Å². The lowest BCUT2D eigenvalue weighted by atomic mass is 9.95. The molecule has 1 amide bonds. The fourth-order valence-electron chi connectivity index (χ4n) is 2.75. The zero-order valence-corrected chi connectivity index (χ0v) is 14.3. The Kier molecular flexibility index (Phi) is 4.97. The Balaban J connectivity index is 2.28. The van der Waals surface area contributed by atoms with Gasteiger partial charge in [0.05, 0.1) is 11.3 Å². The highest BCUT2D eigenvalue weighted by atomic mass is 16.4. The number of hydrogen-bond acceptors (Lipinski definition) is 3. The number of carboxylic acids is 1. The molecule has 1 fully saturated rings. The molecule has 2 rings (SSSR count). The van der Waals surface area contributed by atoms with Gasteiger partial charge in [-0.3, -0.25) is 4.79 Å². The highest BCUT2D eigenvalue weighted by molar-refractivity contribution is 6.02. The van der Waals surface area contributed by atoms with Crippen LogP contribution < -0.4 is 10.2 Å². The molecule has 0 spiro atoms. The van der Waals surface area contributed by atoms with Gasteiger partial charge in [-0.25, -0.2) is 4.79 Å². The smallest absolute Gasteiger partial charge is 0.337 e. The summed E-state index contributed by atoms with van der Waals surface area (Å²) < 4.78 is 0. The molecule has 0 bridgehead atoms. The van der Waals surface area contributed by atoms with Crippen molar-refractivity contribution in [3.05, 3.63) is 23.8 Å². The molecule has 5 heteroatoms. The average Bonchev–Trinajstić information content (AvgIpc) is 2.46. The van der Waals surface area contributed by atoms with Gasteiger partial charge < -0.3 is 15.3 Å². The van der Waals surface area contributed by atoms with Gasteiger partial charge in [-0.2, -0.15) is 0 Å². The monoisotopic (exact) mass is 318 g/mol. The van der Waals surface area contributed by atoms with Crippen LogP contribution in [0, 0.1) is 11.3 Å². The maximum absolute atomic E-state index is 12.1. The minimum atomic E-state index is -1.03. The Morgan fingerprint density at radius 1 is 1.30 bits per heavy atom. The third kappa shape index (κ3) is 4.24. The van der Waals surface area contributed by atoms with Crippen molar-refractivity contribution in [3.63, 3.8) is 0 Å². The number of nitrogens with one attached hydrogen (secondary N) is 1. The SMILES string of the molecule is CC1CCCN(c2ccc(NC(=O)C(C)(C)C)c(C(=O)O)c2)C1. The second-order valence-electron chi connectivity index (χ2n) is 7.43. The van der Waals surface area contributed by atoms with Crippen LogP contribution in [0.2, 0.25) is 0 Å². The minimum absolute atomic E-state index is 0.137. The van der Waals surface area contributed by atoms with Gasteiger partial charge in [-0.15, -0.1) is 0 Å². The first-order valence-electron chi connectivity index (χ1n) is 8.12. The van der Waals surface area contributed by atoms with Crippen LogP contribution in [0.15, 0.2) is 18.2 Å². The third-order valence-corrected chi connectivity index (χ3v) is 4.19. The van der Waals surface area contributed by atoms with Gasteiger partial charge in [-0.05, 0) is 37.0 Å². The summed E-state index contributed by atoms with van der Waals surface area (Å²) in [5, 5.41) is 12.2. The van der Waals surface area contributed by atoms with Crippen LogP contribution in [-0.4, -0.2) is 30.1 Å². The molecule has 5 nitrogen and oxygen atoms in total. The number of amides is 1. The van der Waals surface area contributed by atoms with E-state index in [9.17, 15) is 14.7 Å². The highest BCUT2D eigenvalue weighted by Gasteiger charge is 2.24. The van der Waals surface area contributed by atoms with Crippen LogP contribution in [0.3, 0.4) is 0 Å². The van der Waals surface area contributed by atoms with Crippen LogP contribution in [-0.2, 0) is 4.79 Å².